The van der Waals surface area contributed by atoms with Crippen LogP contribution in [0.5, 0.6) is 11.5 Å². The number of carbonyl (C=O) groups is 1. The third-order valence-electron chi connectivity index (χ3n) is 7.31. The van der Waals surface area contributed by atoms with E-state index in [4.69, 9.17) is 19.9 Å². The summed E-state index contributed by atoms with van der Waals surface area (Å²) in [5.74, 6) is 1.52. The zero-order chi connectivity index (χ0) is 26.3. The third-order valence-corrected chi connectivity index (χ3v) is 7.31. The summed E-state index contributed by atoms with van der Waals surface area (Å²) >= 11 is 0. The van der Waals surface area contributed by atoms with Gasteiger partial charge in [-0.3, -0.25) is 4.79 Å². The van der Waals surface area contributed by atoms with E-state index >= 15 is 0 Å². The maximum atomic E-state index is 12.3. The van der Waals surface area contributed by atoms with Crippen LogP contribution in [0, 0.1) is 0 Å². The molecule has 6 heteroatoms. The van der Waals surface area contributed by atoms with Crippen LogP contribution in [0.1, 0.15) is 55.7 Å². The largest absolute Gasteiger partial charge is 0.497 e. The fourth-order valence-corrected chi connectivity index (χ4v) is 5.10. The van der Waals surface area contributed by atoms with Crippen molar-refractivity contribution < 1.29 is 19.0 Å². The molecule has 0 bridgehead atoms. The van der Waals surface area contributed by atoms with Crippen LogP contribution in [0.25, 0.3) is 0 Å². The Bertz CT molecular complexity index is 1080. The lowest BCUT2D eigenvalue weighted by atomic mass is 9.79. The predicted molar refractivity (Wildman–Crippen MR) is 146 cm³/mol. The molecule has 0 heterocycles. The second-order valence-corrected chi connectivity index (χ2v) is 9.62. The van der Waals surface area contributed by atoms with Crippen molar-refractivity contribution in [2.45, 2.75) is 62.8 Å². The van der Waals surface area contributed by atoms with Gasteiger partial charge in [-0.25, -0.2) is 0 Å². The normalized spacial score (nSPS) is 18.6. The molecule has 1 aliphatic carbocycles. The fourth-order valence-electron chi connectivity index (χ4n) is 5.10. The molecule has 0 aromatic heterocycles. The lowest BCUT2D eigenvalue weighted by Crippen LogP contribution is -2.47. The molecule has 0 saturated heterocycles. The van der Waals surface area contributed by atoms with Gasteiger partial charge in [-0.05, 0) is 73.1 Å². The number of benzene rings is 3. The highest BCUT2D eigenvalue weighted by Gasteiger charge is 2.41. The SMILES string of the molecule is CC[C@H](N)C(=O)NC1CCC(OC(c2ccccc2)(c2ccc(OC)cc2)c2ccc(OC)cc2)CC1. The lowest BCUT2D eigenvalue weighted by molar-refractivity contribution is -0.124. The summed E-state index contributed by atoms with van der Waals surface area (Å²) in [6, 6.07) is 26.2. The van der Waals surface area contributed by atoms with E-state index < -0.39 is 11.6 Å². The number of methoxy groups -OCH3 is 2. The first-order chi connectivity index (χ1) is 18.0. The molecule has 0 spiro atoms. The van der Waals surface area contributed by atoms with Crippen molar-refractivity contribution in [2.24, 2.45) is 5.73 Å². The van der Waals surface area contributed by atoms with E-state index in [0.717, 1.165) is 53.9 Å². The van der Waals surface area contributed by atoms with E-state index in [1.165, 1.54) is 0 Å². The monoisotopic (exact) mass is 502 g/mol. The number of nitrogens with one attached hydrogen (secondary N) is 1. The molecule has 6 nitrogen and oxygen atoms in total. The van der Waals surface area contributed by atoms with E-state index in [1.54, 1.807) is 14.2 Å². The molecule has 196 valence electrons. The van der Waals surface area contributed by atoms with Crippen LogP contribution in [0.3, 0.4) is 0 Å². The van der Waals surface area contributed by atoms with Crippen molar-refractivity contribution in [1.82, 2.24) is 5.32 Å². The van der Waals surface area contributed by atoms with Crippen LogP contribution < -0.4 is 20.5 Å². The Morgan fingerprint density at radius 2 is 1.32 bits per heavy atom. The van der Waals surface area contributed by atoms with Crippen LogP contribution >= 0.6 is 0 Å². The fraction of sp³-hybridized carbons (Fsp3) is 0.387. The Labute approximate surface area is 220 Å². The second kappa shape index (κ2) is 12.3. The highest BCUT2D eigenvalue weighted by atomic mass is 16.5. The summed E-state index contributed by atoms with van der Waals surface area (Å²) in [7, 11) is 3.34. The predicted octanol–water partition coefficient (Wildman–Crippen LogP) is 5.18. The minimum Gasteiger partial charge on any atom is -0.497 e. The molecular weight excluding hydrogens is 464 g/mol. The van der Waals surface area contributed by atoms with Gasteiger partial charge < -0.3 is 25.3 Å². The molecule has 1 aliphatic rings. The molecule has 1 saturated carbocycles. The Balaban J connectivity index is 1.69. The average molecular weight is 503 g/mol. The third kappa shape index (κ3) is 5.97. The van der Waals surface area contributed by atoms with Gasteiger partial charge in [-0.1, -0.05) is 61.5 Å². The lowest BCUT2D eigenvalue weighted by Gasteiger charge is -2.41. The molecular formula is C31H38N2O4. The van der Waals surface area contributed by atoms with Crippen LogP contribution in [0.4, 0.5) is 0 Å². The Kier molecular flexibility index (Phi) is 8.85. The van der Waals surface area contributed by atoms with E-state index in [1.807, 2.05) is 49.4 Å². The molecule has 37 heavy (non-hydrogen) atoms. The number of hydrogen-bond acceptors (Lipinski definition) is 5. The van der Waals surface area contributed by atoms with Gasteiger partial charge in [0.2, 0.25) is 5.91 Å². The minimum atomic E-state index is -0.828. The van der Waals surface area contributed by atoms with E-state index in [0.29, 0.717) is 6.42 Å². The van der Waals surface area contributed by atoms with Gasteiger partial charge in [-0.2, -0.15) is 0 Å². The summed E-state index contributed by atoms with van der Waals surface area (Å²) in [5, 5.41) is 3.13. The molecule has 1 fully saturated rings. The minimum absolute atomic E-state index is 0.0115. The molecule has 3 aromatic carbocycles. The number of carbonyl (C=O) groups excluding carboxylic acids is 1. The van der Waals surface area contributed by atoms with Gasteiger partial charge in [-0.15, -0.1) is 0 Å². The number of hydrogen-bond donors (Lipinski definition) is 2. The Morgan fingerprint density at radius 3 is 1.78 bits per heavy atom. The number of amides is 1. The Morgan fingerprint density at radius 1 is 0.838 bits per heavy atom. The first-order valence-corrected chi connectivity index (χ1v) is 13.1. The van der Waals surface area contributed by atoms with Gasteiger partial charge in [0.25, 0.3) is 0 Å². The van der Waals surface area contributed by atoms with Crippen LogP contribution in [0.15, 0.2) is 78.9 Å². The van der Waals surface area contributed by atoms with E-state index in [2.05, 4.69) is 41.7 Å². The zero-order valence-corrected chi connectivity index (χ0v) is 22.0. The molecule has 1 atom stereocenters. The van der Waals surface area contributed by atoms with Crippen LogP contribution in [-0.2, 0) is 15.1 Å². The van der Waals surface area contributed by atoms with Gasteiger partial charge in [0.1, 0.15) is 17.1 Å². The van der Waals surface area contributed by atoms with Gasteiger partial charge >= 0.3 is 0 Å². The average Bonchev–Trinajstić information content (AvgIpc) is 2.97. The summed E-state index contributed by atoms with van der Waals surface area (Å²) in [6.07, 6.45) is 4.03. The quantitative estimate of drug-likeness (QED) is 0.374. The van der Waals surface area contributed by atoms with Crippen molar-refractivity contribution in [1.29, 1.82) is 0 Å². The summed E-state index contributed by atoms with van der Waals surface area (Å²) in [4.78, 5) is 12.3. The number of ether oxygens (including phenoxy) is 3. The number of nitrogens with two attached hydrogens (primary N) is 1. The van der Waals surface area contributed by atoms with Crippen LogP contribution in [-0.4, -0.2) is 38.3 Å². The van der Waals surface area contributed by atoms with Crippen molar-refractivity contribution in [3.05, 3.63) is 95.6 Å². The molecule has 3 N–H and O–H groups in total. The molecule has 0 radical (unpaired) electrons. The summed E-state index contributed by atoms with van der Waals surface area (Å²) in [5.41, 5.74) is 8.19. The first-order valence-electron chi connectivity index (χ1n) is 13.1. The van der Waals surface area contributed by atoms with Crippen molar-refractivity contribution in [2.75, 3.05) is 14.2 Å². The maximum absolute atomic E-state index is 12.3. The number of rotatable bonds is 10. The highest BCUT2D eigenvalue weighted by Crippen LogP contribution is 2.44. The van der Waals surface area contributed by atoms with E-state index in [9.17, 15) is 4.79 Å². The van der Waals surface area contributed by atoms with Crippen molar-refractivity contribution in [3.63, 3.8) is 0 Å². The molecule has 0 unspecified atom stereocenters. The topological polar surface area (TPSA) is 82.8 Å². The first kappa shape index (κ1) is 26.7. The van der Waals surface area contributed by atoms with Crippen LogP contribution in [0.2, 0.25) is 0 Å². The van der Waals surface area contributed by atoms with Gasteiger partial charge in [0, 0.05) is 6.04 Å². The van der Waals surface area contributed by atoms with Gasteiger partial charge in [0.15, 0.2) is 0 Å². The maximum Gasteiger partial charge on any atom is 0.237 e. The molecule has 3 aromatic rings. The summed E-state index contributed by atoms with van der Waals surface area (Å²) in [6.45, 7) is 1.93. The Hall–Kier alpha value is -3.35. The smallest absolute Gasteiger partial charge is 0.237 e. The van der Waals surface area contributed by atoms with Crippen molar-refractivity contribution in [3.8, 4) is 11.5 Å². The standard InChI is InChI=1S/C31H38N2O4/c1-4-29(32)30(34)33-25-14-20-28(21-15-25)37-31(22-8-6-5-7-9-22,23-10-16-26(35-2)17-11-23)24-12-18-27(36-3)19-13-24/h5-13,16-19,25,28-29H,4,14-15,20-21,32H2,1-3H3,(H,33,34)/t25?,28?,29-/m0/s1. The molecule has 1 amide bonds. The second-order valence-electron chi connectivity index (χ2n) is 9.62. The molecule has 0 aliphatic heterocycles. The summed E-state index contributed by atoms with van der Waals surface area (Å²) < 4.78 is 18.1. The zero-order valence-electron chi connectivity index (χ0n) is 22.0. The van der Waals surface area contributed by atoms with Crippen molar-refractivity contribution >= 4 is 5.91 Å². The van der Waals surface area contributed by atoms with Gasteiger partial charge in [0.05, 0.1) is 26.4 Å². The highest BCUT2D eigenvalue weighted by molar-refractivity contribution is 5.81. The molecule has 4 rings (SSSR count). The van der Waals surface area contributed by atoms with E-state index in [-0.39, 0.29) is 18.1 Å².